The van der Waals surface area contributed by atoms with Crippen LogP contribution in [0.2, 0.25) is 0 Å². The molecule has 0 spiro atoms. The van der Waals surface area contributed by atoms with Crippen LogP contribution in [0.3, 0.4) is 0 Å². The summed E-state index contributed by atoms with van der Waals surface area (Å²) in [7, 11) is 0. The molecule has 0 amide bonds. The average molecular weight is 1040 g/mol. The molecule has 0 aliphatic rings. The van der Waals surface area contributed by atoms with Crippen LogP contribution in [0.1, 0.15) is 94.1 Å². The first kappa shape index (κ1) is 30.9. The fourth-order valence-corrected chi connectivity index (χ4v) is 8.08. The smallest absolute Gasteiger partial charge is 0.121 e. The van der Waals surface area contributed by atoms with E-state index in [1.54, 1.807) is 51.1 Å². The SMILES string of the molecule is [2H]C([2H])([2H])c1c[c-]c(-c2ccc(C(C)(C)C)cn2)cc1.[2H]C([2H])([2H])c1cc(C([2H])([2H])C(C)(C)C)ccc1-c1ccc(-c2cc(-c3[c-]ccc4c3oc3cc5c(ccc6ccccc65)cc34)ncc2C([2H])([2H])[2H])c(C([2H])([2H])[2H])c1.[Ir]. The van der Waals surface area contributed by atoms with Gasteiger partial charge in [0, 0.05) is 57.1 Å². The van der Waals surface area contributed by atoms with E-state index in [1.807, 2.05) is 42.6 Å². The second-order valence-corrected chi connectivity index (χ2v) is 18.2. The average Bonchev–Trinajstić information content (AvgIpc) is 3.93. The molecule has 0 saturated carbocycles. The van der Waals surface area contributed by atoms with Crippen molar-refractivity contribution in [3.8, 4) is 44.8 Å². The summed E-state index contributed by atoms with van der Waals surface area (Å²) in [6.07, 6.45) is 1.22. The van der Waals surface area contributed by atoms with E-state index in [1.165, 1.54) is 48.2 Å². The summed E-state index contributed by atoms with van der Waals surface area (Å²) in [5, 5.41) is 5.95. The molecule has 0 fully saturated rings. The molecule has 3 heterocycles. The minimum Gasteiger partial charge on any atom is -0.501 e. The second kappa shape index (κ2) is 18.0. The molecule has 0 bridgehead atoms. The van der Waals surface area contributed by atoms with Gasteiger partial charge in [-0.2, -0.15) is 0 Å². The van der Waals surface area contributed by atoms with Gasteiger partial charge in [0.2, 0.25) is 0 Å². The molecule has 7 aromatic carbocycles. The molecule has 3 nitrogen and oxygen atoms in total. The first-order chi connectivity index (χ1) is 36.2. The minimum absolute atomic E-state index is 0. The largest absolute Gasteiger partial charge is 0.501 e. The van der Waals surface area contributed by atoms with Gasteiger partial charge in [-0.3, -0.25) is 0 Å². The van der Waals surface area contributed by atoms with E-state index in [0.717, 1.165) is 43.6 Å². The van der Waals surface area contributed by atoms with E-state index >= 15 is 0 Å². The van der Waals surface area contributed by atoms with Gasteiger partial charge >= 0.3 is 0 Å². The third-order valence-corrected chi connectivity index (χ3v) is 11.3. The number of aromatic nitrogens is 2. The Hall–Kier alpha value is -6.19. The Labute approximate surface area is 418 Å². The van der Waals surface area contributed by atoms with Crippen LogP contribution in [0.15, 0.2) is 150 Å². The Bertz CT molecular complexity index is 3840. The van der Waals surface area contributed by atoms with Gasteiger partial charge in [0.15, 0.2) is 0 Å². The number of fused-ring (bicyclic) bond motifs is 6. The maximum absolute atomic E-state index is 8.76. The third-order valence-electron chi connectivity index (χ3n) is 11.3. The number of hydrogen-bond acceptors (Lipinski definition) is 3. The predicted molar refractivity (Wildman–Crippen MR) is 271 cm³/mol. The van der Waals surface area contributed by atoms with Gasteiger partial charge in [-0.25, -0.2) is 0 Å². The Morgan fingerprint density at radius 1 is 0.600 bits per heavy atom. The van der Waals surface area contributed by atoms with E-state index in [2.05, 4.69) is 73.2 Å². The maximum atomic E-state index is 8.76. The Balaban J connectivity index is 0.000000330. The normalized spacial score (nSPS) is 16.0. The Morgan fingerprint density at radius 3 is 2.12 bits per heavy atom. The molecule has 1 radical (unpaired) electrons. The quantitative estimate of drug-likeness (QED) is 0.127. The minimum atomic E-state index is -2.76. The number of hydrogen-bond donors (Lipinski definition) is 0. The first-order valence-electron chi connectivity index (χ1n) is 28.2. The van der Waals surface area contributed by atoms with Crippen molar-refractivity contribution in [1.29, 1.82) is 0 Å². The van der Waals surface area contributed by atoms with Gasteiger partial charge in [0.05, 0.1) is 5.58 Å². The van der Waals surface area contributed by atoms with Crippen molar-refractivity contribution in [1.82, 2.24) is 9.97 Å². The Morgan fingerprint density at radius 2 is 1.38 bits per heavy atom. The van der Waals surface area contributed by atoms with E-state index < -0.39 is 39.2 Å². The van der Waals surface area contributed by atoms with Crippen LogP contribution in [0.5, 0.6) is 0 Å². The van der Waals surface area contributed by atoms with Crippen LogP contribution in [-0.2, 0) is 31.9 Å². The van der Waals surface area contributed by atoms with E-state index in [4.69, 9.17) is 23.6 Å². The first-order valence-corrected chi connectivity index (χ1v) is 21.2. The van der Waals surface area contributed by atoms with Crippen molar-refractivity contribution in [3.63, 3.8) is 0 Å². The van der Waals surface area contributed by atoms with Gasteiger partial charge in [0.25, 0.3) is 0 Å². The molecule has 10 rings (SSSR count). The molecular weight excluding hydrogens is 969 g/mol. The van der Waals surface area contributed by atoms with Crippen molar-refractivity contribution in [2.45, 2.75) is 80.7 Å². The molecule has 0 aliphatic heterocycles. The van der Waals surface area contributed by atoms with Crippen LogP contribution in [0.25, 0.3) is 88.3 Å². The van der Waals surface area contributed by atoms with Crippen LogP contribution in [-0.4, -0.2) is 9.97 Å². The van der Waals surface area contributed by atoms with Crippen molar-refractivity contribution in [3.05, 3.63) is 191 Å². The number of aryl methyl sites for hydroxylation is 4. The van der Waals surface area contributed by atoms with Gasteiger partial charge in [-0.1, -0.05) is 150 Å². The Kier molecular flexibility index (Phi) is 8.54. The predicted octanol–water partition coefficient (Wildman–Crippen LogP) is 16.8. The summed E-state index contributed by atoms with van der Waals surface area (Å²) in [5.74, 6) is 0. The van der Waals surface area contributed by atoms with Gasteiger partial charge in [-0.05, 0) is 133 Å². The number of pyridine rings is 2. The molecule has 4 heteroatoms. The van der Waals surface area contributed by atoms with Crippen molar-refractivity contribution < 1.29 is 43.7 Å². The number of furan rings is 1. The summed E-state index contributed by atoms with van der Waals surface area (Å²) in [4.78, 5) is 9.01. The van der Waals surface area contributed by atoms with E-state index in [9.17, 15) is 0 Å². The van der Waals surface area contributed by atoms with E-state index in [0.29, 0.717) is 28.0 Å². The van der Waals surface area contributed by atoms with Gasteiger partial charge in [0.1, 0.15) is 5.58 Å². The molecule has 0 N–H and O–H groups in total. The van der Waals surface area contributed by atoms with Crippen LogP contribution >= 0.6 is 0 Å². The molecular formula is C61H56IrN2O-2. The number of nitrogens with zero attached hydrogens (tertiary/aromatic N) is 2. The molecule has 327 valence electrons. The summed E-state index contributed by atoms with van der Waals surface area (Å²) in [6.45, 7) is 1.42. The summed E-state index contributed by atoms with van der Waals surface area (Å²) < 4.78 is 122. The number of benzene rings is 7. The summed E-state index contributed by atoms with van der Waals surface area (Å²) >= 11 is 0. The zero-order valence-corrected chi connectivity index (χ0v) is 39.4. The second-order valence-electron chi connectivity index (χ2n) is 18.2. The molecule has 0 unspecified atom stereocenters. The zero-order valence-electron chi connectivity index (χ0n) is 51.0. The summed E-state index contributed by atoms with van der Waals surface area (Å²) in [5.41, 5.74) is 4.62. The number of rotatable bonds is 5. The fourth-order valence-electron chi connectivity index (χ4n) is 8.08. The van der Waals surface area contributed by atoms with E-state index in [-0.39, 0.29) is 70.0 Å². The van der Waals surface area contributed by atoms with Gasteiger partial charge in [-0.15, -0.1) is 53.6 Å². The molecule has 3 aromatic heterocycles. The molecule has 0 aliphatic carbocycles. The molecule has 0 atom stereocenters. The molecule has 0 saturated heterocycles. The van der Waals surface area contributed by atoms with Crippen LogP contribution in [0, 0.1) is 45.0 Å². The molecule has 65 heavy (non-hydrogen) atoms. The van der Waals surface area contributed by atoms with Crippen molar-refractivity contribution >= 4 is 43.5 Å². The third kappa shape index (κ3) is 9.48. The standard InChI is InChI=1S/C45H38NO.C16H18N.Ir/c1-27-20-30(25-45(4,5)6)14-18-34(27)32-17-19-35(28(2)21-32)39-23-42(46-26-29(39)3)38-13-9-12-37-41-22-33-16-15-31-10-7-8-11-36(31)40(33)24-43(41)47-44(37)38;1-12-5-7-13(8-6-12)15-10-9-14(11-17-15)16(2,3)4;/h7-12,14-24,26H,25H2,1-6H3;5-7,9-11H,1-4H3;/q2*-1;/i1D3,2D3,3D3,25D2;1D3;. The topological polar surface area (TPSA) is 38.9 Å². The molecule has 10 aromatic rings. The van der Waals surface area contributed by atoms with Crippen LogP contribution < -0.4 is 0 Å². The fraction of sp³-hybridized carbons (Fsp3) is 0.213. The maximum Gasteiger partial charge on any atom is 0.121 e. The van der Waals surface area contributed by atoms with Gasteiger partial charge < -0.3 is 14.4 Å². The zero-order chi connectivity index (χ0) is 56.7. The monoisotopic (exact) mass is 1040 g/mol. The van der Waals surface area contributed by atoms with Crippen molar-refractivity contribution in [2.24, 2.45) is 5.41 Å². The summed E-state index contributed by atoms with van der Waals surface area (Å²) in [6, 6.07) is 45.5. The van der Waals surface area contributed by atoms with Crippen molar-refractivity contribution in [2.75, 3.05) is 0 Å². The van der Waals surface area contributed by atoms with Crippen LogP contribution in [0.4, 0.5) is 0 Å².